The highest BCUT2D eigenvalue weighted by atomic mass is 35.5. The first-order chi connectivity index (χ1) is 11.5. The van der Waals surface area contributed by atoms with Crippen molar-refractivity contribution in [3.05, 3.63) is 44.2 Å². The van der Waals surface area contributed by atoms with Gasteiger partial charge in [0.1, 0.15) is 5.71 Å². The number of allylic oxidation sites excluding steroid dienone is 1. The Labute approximate surface area is 148 Å². The number of aliphatic imine (C=N–C) groups is 1. The van der Waals surface area contributed by atoms with Gasteiger partial charge in [0.05, 0.1) is 21.5 Å². The number of alkyl halides is 3. The van der Waals surface area contributed by atoms with E-state index in [1.165, 1.54) is 7.05 Å². The molecule has 7 nitrogen and oxygen atoms in total. The maximum Gasteiger partial charge on any atom is 0.434 e. The first-order valence-corrected chi connectivity index (χ1v) is 7.17. The van der Waals surface area contributed by atoms with Crippen molar-refractivity contribution in [1.82, 2.24) is 4.90 Å². The largest absolute Gasteiger partial charge is 0.434 e. The SMILES string of the molecule is CN1C=C(C(F)(F)F)N=C(C(=O)Oc2c(Cl)cc([N+](=O)[O-])cc2Cl)C1. The number of non-ortho nitro benzene ring substituents is 1. The number of benzene rings is 1. The van der Waals surface area contributed by atoms with Crippen LogP contribution in [0.4, 0.5) is 18.9 Å². The number of nitrogens with zero attached hydrogens (tertiary/aromatic N) is 3. The second-order valence-corrected chi connectivity index (χ2v) is 5.69. The molecular formula is C13H8Cl2F3N3O4. The summed E-state index contributed by atoms with van der Waals surface area (Å²) in [5, 5.41) is 10.0. The minimum Gasteiger partial charge on any atom is -0.419 e. The summed E-state index contributed by atoms with van der Waals surface area (Å²) in [6.45, 7) is -0.235. The third kappa shape index (κ3) is 4.40. The number of hydrogen-bond acceptors (Lipinski definition) is 6. The highest BCUT2D eigenvalue weighted by molar-refractivity contribution is 6.41. The zero-order valence-corrected chi connectivity index (χ0v) is 13.8. The minimum absolute atomic E-state index is 0.235. The van der Waals surface area contributed by atoms with Crippen molar-refractivity contribution >= 4 is 40.6 Å². The van der Waals surface area contributed by atoms with Crippen LogP contribution in [0.15, 0.2) is 29.0 Å². The predicted molar refractivity (Wildman–Crippen MR) is 83.0 cm³/mol. The molecule has 25 heavy (non-hydrogen) atoms. The maximum absolute atomic E-state index is 12.8. The molecular weight excluding hydrogens is 390 g/mol. The van der Waals surface area contributed by atoms with Gasteiger partial charge in [0.2, 0.25) is 0 Å². The highest BCUT2D eigenvalue weighted by Crippen LogP contribution is 2.37. The molecule has 134 valence electrons. The van der Waals surface area contributed by atoms with E-state index in [9.17, 15) is 28.1 Å². The number of esters is 1. The Morgan fingerprint density at radius 1 is 1.36 bits per heavy atom. The third-order valence-electron chi connectivity index (χ3n) is 2.91. The lowest BCUT2D eigenvalue weighted by Crippen LogP contribution is -2.35. The van der Waals surface area contributed by atoms with Crippen molar-refractivity contribution < 1.29 is 27.6 Å². The fourth-order valence-corrected chi connectivity index (χ4v) is 2.40. The van der Waals surface area contributed by atoms with Gasteiger partial charge in [-0.2, -0.15) is 13.2 Å². The van der Waals surface area contributed by atoms with E-state index in [2.05, 4.69) is 4.99 Å². The first kappa shape index (κ1) is 19.0. The molecule has 12 heteroatoms. The standard InChI is InChI=1S/C13H8Cl2F3N3O4/c1-20-4-9(19-10(5-20)13(16,17)18)12(22)25-11-7(14)2-6(21(23)24)3-8(11)15/h2-3,5H,4H2,1H3. The normalized spacial score (nSPS) is 14.7. The van der Waals surface area contributed by atoms with Gasteiger partial charge in [-0.3, -0.25) is 10.1 Å². The fraction of sp³-hybridized carbons (Fsp3) is 0.231. The summed E-state index contributed by atoms with van der Waals surface area (Å²) in [5.74, 6) is -1.62. The molecule has 0 amide bonds. The molecule has 0 aromatic heterocycles. The third-order valence-corrected chi connectivity index (χ3v) is 3.47. The van der Waals surface area contributed by atoms with Gasteiger partial charge in [-0.05, 0) is 0 Å². The number of nitro groups is 1. The zero-order chi connectivity index (χ0) is 18.9. The quantitative estimate of drug-likeness (QED) is 0.336. The molecule has 0 bridgehead atoms. The zero-order valence-electron chi connectivity index (χ0n) is 12.3. The van der Waals surface area contributed by atoms with Crippen LogP contribution in [-0.4, -0.2) is 41.3 Å². The molecule has 1 heterocycles. The van der Waals surface area contributed by atoms with Crippen LogP contribution in [0, 0.1) is 10.1 Å². The van der Waals surface area contributed by atoms with E-state index >= 15 is 0 Å². The van der Waals surface area contributed by atoms with Gasteiger partial charge in [0, 0.05) is 25.4 Å². The average Bonchev–Trinajstić information content (AvgIpc) is 2.48. The molecule has 0 aliphatic carbocycles. The summed E-state index contributed by atoms with van der Waals surface area (Å²) in [7, 11) is 1.32. The summed E-state index contributed by atoms with van der Waals surface area (Å²) < 4.78 is 43.2. The van der Waals surface area contributed by atoms with E-state index in [1.807, 2.05) is 0 Å². The van der Waals surface area contributed by atoms with Crippen LogP contribution in [0.3, 0.4) is 0 Å². The van der Waals surface area contributed by atoms with Crippen LogP contribution < -0.4 is 4.74 Å². The fourth-order valence-electron chi connectivity index (χ4n) is 1.85. The number of rotatable bonds is 3. The number of hydrogen-bond donors (Lipinski definition) is 0. The Morgan fingerprint density at radius 3 is 2.40 bits per heavy atom. The van der Waals surface area contributed by atoms with E-state index in [0.717, 1.165) is 23.2 Å². The van der Waals surface area contributed by atoms with Crippen molar-refractivity contribution in [2.24, 2.45) is 4.99 Å². The van der Waals surface area contributed by atoms with Crippen LogP contribution in [0.2, 0.25) is 10.0 Å². The Hall–Kier alpha value is -2.33. The Bertz CT molecular complexity index is 785. The van der Waals surface area contributed by atoms with E-state index in [0.29, 0.717) is 0 Å². The topological polar surface area (TPSA) is 85.0 Å². The van der Waals surface area contributed by atoms with Gasteiger partial charge < -0.3 is 9.64 Å². The van der Waals surface area contributed by atoms with E-state index in [-0.39, 0.29) is 16.6 Å². The number of carbonyl (C=O) groups excluding carboxylic acids is 1. The summed E-state index contributed by atoms with van der Waals surface area (Å²) in [6.07, 6.45) is -4.01. The molecule has 1 aromatic rings. The highest BCUT2D eigenvalue weighted by Gasteiger charge is 2.37. The molecule has 1 aliphatic rings. The van der Waals surface area contributed by atoms with Gasteiger partial charge in [-0.25, -0.2) is 9.79 Å². The van der Waals surface area contributed by atoms with E-state index < -0.39 is 39.9 Å². The molecule has 1 aromatic carbocycles. The van der Waals surface area contributed by atoms with Crippen LogP contribution in [-0.2, 0) is 4.79 Å². The Balaban J connectivity index is 2.30. The number of nitro benzene ring substituents is 1. The van der Waals surface area contributed by atoms with Crippen molar-refractivity contribution in [2.75, 3.05) is 13.6 Å². The van der Waals surface area contributed by atoms with Crippen LogP contribution >= 0.6 is 23.2 Å². The van der Waals surface area contributed by atoms with Crippen molar-refractivity contribution in [2.45, 2.75) is 6.18 Å². The van der Waals surface area contributed by atoms with Gasteiger partial charge in [0.15, 0.2) is 11.4 Å². The van der Waals surface area contributed by atoms with Crippen molar-refractivity contribution in [3.63, 3.8) is 0 Å². The van der Waals surface area contributed by atoms with Crippen LogP contribution in [0.5, 0.6) is 5.75 Å². The Kier molecular flexibility index (Phi) is 5.23. The van der Waals surface area contributed by atoms with Gasteiger partial charge in [0.25, 0.3) is 5.69 Å². The molecule has 0 radical (unpaired) electrons. The number of carbonyl (C=O) groups is 1. The van der Waals surface area contributed by atoms with Gasteiger partial charge in [-0.1, -0.05) is 23.2 Å². The van der Waals surface area contributed by atoms with Crippen LogP contribution in [0.1, 0.15) is 0 Å². The molecule has 2 rings (SSSR count). The summed E-state index contributed by atoms with van der Waals surface area (Å²) in [5.41, 5.74) is -2.23. The van der Waals surface area contributed by atoms with Crippen LogP contribution in [0.25, 0.3) is 0 Å². The summed E-state index contributed by atoms with van der Waals surface area (Å²) >= 11 is 11.6. The number of halogens is 5. The minimum atomic E-state index is -4.75. The smallest absolute Gasteiger partial charge is 0.419 e. The van der Waals surface area contributed by atoms with Crippen molar-refractivity contribution in [3.8, 4) is 5.75 Å². The molecule has 1 aliphatic heterocycles. The monoisotopic (exact) mass is 397 g/mol. The summed E-state index contributed by atoms with van der Waals surface area (Å²) in [4.78, 5) is 26.4. The predicted octanol–water partition coefficient (Wildman–Crippen LogP) is 3.60. The molecule has 0 saturated carbocycles. The summed E-state index contributed by atoms with van der Waals surface area (Å²) in [6, 6.07) is 1.79. The van der Waals surface area contributed by atoms with Gasteiger partial charge >= 0.3 is 12.1 Å². The molecule has 0 spiro atoms. The second kappa shape index (κ2) is 6.89. The number of ether oxygens (including phenoxy) is 1. The lowest BCUT2D eigenvalue weighted by atomic mass is 10.2. The van der Waals surface area contributed by atoms with E-state index in [4.69, 9.17) is 27.9 Å². The molecule has 0 unspecified atom stereocenters. The molecule has 0 atom stereocenters. The Morgan fingerprint density at radius 2 is 1.92 bits per heavy atom. The lowest BCUT2D eigenvalue weighted by molar-refractivity contribution is -0.384. The van der Waals surface area contributed by atoms with Gasteiger partial charge in [-0.15, -0.1) is 0 Å². The van der Waals surface area contributed by atoms with Crippen molar-refractivity contribution in [1.29, 1.82) is 0 Å². The van der Waals surface area contributed by atoms with E-state index in [1.54, 1.807) is 0 Å². The second-order valence-electron chi connectivity index (χ2n) is 4.87. The maximum atomic E-state index is 12.8. The average molecular weight is 398 g/mol. The lowest BCUT2D eigenvalue weighted by Gasteiger charge is -2.22. The first-order valence-electron chi connectivity index (χ1n) is 6.41. The molecule has 0 N–H and O–H groups in total. The molecule has 0 fully saturated rings. The molecule has 0 saturated heterocycles.